The fourth-order valence-electron chi connectivity index (χ4n) is 3.84. The van der Waals surface area contributed by atoms with Gasteiger partial charge in [0, 0.05) is 24.2 Å². The molecule has 0 aromatic heterocycles. The maximum atomic E-state index is 2.77. The molecule has 2 aliphatic rings. The zero-order chi connectivity index (χ0) is 12.5. The summed E-state index contributed by atoms with van der Waals surface area (Å²) in [6, 6.07) is 0. The molecule has 0 saturated carbocycles. The van der Waals surface area contributed by atoms with E-state index < -0.39 is 0 Å². The normalized spacial score (nSPS) is 25.4. The van der Waals surface area contributed by atoms with E-state index in [4.69, 9.17) is 0 Å². The van der Waals surface area contributed by atoms with Gasteiger partial charge in [-0.25, -0.2) is 0 Å². The molecular weight excluding hydrogens is 208 g/mol. The van der Waals surface area contributed by atoms with Gasteiger partial charge in [-0.05, 0) is 53.1 Å². The van der Waals surface area contributed by atoms with Crippen molar-refractivity contribution >= 4 is 0 Å². The second-order valence-corrected chi connectivity index (χ2v) is 7.07. The van der Waals surface area contributed by atoms with Crippen LogP contribution in [-0.2, 0) is 0 Å². The highest BCUT2D eigenvalue weighted by Gasteiger charge is 2.52. The van der Waals surface area contributed by atoms with Crippen molar-refractivity contribution in [2.45, 2.75) is 70.9 Å². The van der Waals surface area contributed by atoms with Crippen LogP contribution in [0.5, 0.6) is 0 Å². The van der Waals surface area contributed by atoms with Gasteiger partial charge < -0.3 is 0 Å². The molecule has 0 radical (unpaired) electrons. The predicted molar refractivity (Wildman–Crippen MR) is 74.4 cm³/mol. The molecule has 2 rings (SSSR count). The summed E-state index contributed by atoms with van der Waals surface area (Å²) >= 11 is 0. The fourth-order valence-corrected chi connectivity index (χ4v) is 3.84. The van der Waals surface area contributed by atoms with Gasteiger partial charge in [0.1, 0.15) is 0 Å². The number of unbranched alkanes of at least 4 members (excludes halogenated alkanes) is 2. The Bertz CT molecular complexity index is 248. The summed E-state index contributed by atoms with van der Waals surface area (Å²) in [4.78, 5) is 5.44. The molecule has 17 heavy (non-hydrogen) atoms. The topological polar surface area (TPSA) is 6.48 Å². The van der Waals surface area contributed by atoms with Gasteiger partial charge in [-0.2, -0.15) is 0 Å². The van der Waals surface area contributed by atoms with Gasteiger partial charge in [-0.15, -0.1) is 0 Å². The van der Waals surface area contributed by atoms with E-state index in [-0.39, 0.29) is 0 Å². The van der Waals surface area contributed by atoms with Crippen LogP contribution in [0.2, 0.25) is 0 Å². The number of nitrogens with zero attached hydrogens (tertiary/aromatic N) is 2. The molecule has 0 aromatic rings. The Morgan fingerprint density at radius 1 is 1.12 bits per heavy atom. The van der Waals surface area contributed by atoms with Crippen LogP contribution >= 0.6 is 0 Å². The lowest BCUT2D eigenvalue weighted by Crippen LogP contribution is -2.70. The van der Waals surface area contributed by atoms with E-state index in [9.17, 15) is 0 Å². The monoisotopic (exact) mass is 238 g/mol. The molecule has 0 bridgehead atoms. The maximum absolute atomic E-state index is 2.77. The summed E-state index contributed by atoms with van der Waals surface area (Å²) in [5, 5.41) is 0. The van der Waals surface area contributed by atoms with Gasteiger partial charge >= 0.3 is 0 Å². The van der Waals surface area contributed by atoms with Crippen molar-refractivity contribution in [3.05, 3.63) is 0 Å². The fraction of sp³-hybridized carbons (Fsp3) is 1.00. The highest BCUT2D eigenvalue weighted by molar-refractivity contribution is 5.10. The van der Waals surface area contributed by atoms with Crippen LogP contribution in [0.15, 0.2) is 0 Å². The summed E-state index contributed by atoms with van der Waals surface area (Å²) in [6.45, 7) is 14.7. The highest BCUT2D eigenvalue weighted by Crippen LogP contribution is 2.41. The third-order valence-electron chi connectivity index (χ3n) is 4.52. The molecule has 0 N–H and O–H groups in total. The number of rotatable bonds is 4. The molecular formula is C15H30N2. The van der Waals surface area contributed by atoms with Crippen LogP contribution in [0.3, 0.4) is 0 Å². The van der Waals surface area contributed by atoms with Gasteiger partial charge in [0.2, 0.25) is 0 Å². The predicted octanol–water partition coefficient (Wildman–Crippen LogP) is 3.13. The van der Waals surface area contributed by atoms with E-state index in [1.54, 1.807) is 0 Å². The van der Waals surface area contributed by atoms with E-state index in [0.717, 1.165) is 0 Å². The molecule has 2 saturated heterocycles. The molecule has 2 aliphatic heterocycles. The second-order valence-electron chi connectivity index (χ2n) is 7.07. The molecule has 0 atom stereocenters. The lowest BCUT2D eigenvalue weighted by molar-refractivity contribution is -0.0693. The zero-order valence-corrected chi connectivity index (χ0v) is 12.3. The minimum absolute atomic E-state index is 0.353. The van der Waals surface area contributed by atoms with E-state index in [0.29, 0.717) is 11.1 Å². The summed E-state index contributed by atoms with van der Waals surface area (Å²) in [5.74, 6) is 0. The van der Waals surface area contributed by atoms with Crippen LogP contribution in [0, 0.1) is 0 Å². The third kappa shape index (κ3) is 2.68. The number of hydrogen-bond acceptors (Lipinski definition) is 2. The Balaban J connectivity index is 1.83. The number of hydrogen-bond donors (Lipinski definition) is 0. The first-order valence-electron chi connectivity index (χ1n) is 7.48. The second kappa shape index (κ2) is 4.89. The van der Waals surface area contributed by atoms with E-state index in [2.05, 4.69) is 37.5 Å². The van der Waals surface area contributed by atoms with Gasteiger partial charge in [-0.3, -0.25) is 9.80 Å². The summed E-state index contributed by atoms with van der Waals surface area (Å²) in [6.07, 6.45) is 6.95. The van der Waals surface area contributed by atoms with Crippen molar-refractivity contribution in [3.63, 3.8) is 0 Å². The Hall–Kier alpha value is -0.0800. The summed E-state index contributed by atoms with van der Waals surface area (Å²) in [7, 11) is 0. The van der Waals surface area contributed by atoms with Gasteiger partial charge in [0.25, 0.3) is 0 Å². The minimum Gasteiger partial charge on any atom is -0.300 e. The largest absolute Gasteiger partial charge is 0.300 e. The van der Waals surface area contributed by atoms with Crippen LogP contribution in [0.4, 0.5) is 0 Å². The molecule has 0 aliphatic carbocycles. The van der Waals surface area contributed by atoms with E-state index >= 15 is 0 Å². The lowest BCUT2D eigenvalue weighted by Gasteiger charge is -2.57. The first-order chi connectivity index (χ1) is 7.98. The average Bonchev–Trinajstić information content (AvgIpc) is 2.60. The Kier molecular flexibility index (Phi) is 3.84. The number of likely N-dealkylation sites (tertiary alicyclic amines) is 2. The Morgan fingerprint density at radius 3 is 2.41 bits per heavy atom. The summed E-state index contributed by atoms with van der Waals surface area (Å²) in [5.41, 5.74) is 0.899. The molecule has 2 heterocycles. The van der Waals surface area contributed by atoms with Crippen molar-refractivity contribution in [2.24, 2.45) is 0 Å². The zero-order valence-electron chi connectivity index (χ0n) is 12.3. The molecule has 0 amide bonds. The molecule has 0 aromatic carbocycles. The van der Waals surface area contributed by atoms with Crippen molar-refractivity contribution < 1.29 is 0 Å². The maximum Gasteiger partial charge on any atom is 0.0468 e. The lowest BCUT2D eigenvalue weighted by atomic mass is 9.84. The van der Waals surface area contributed by atoms with Crippen LogP contribution in [0.1, 0.15) is 59.8 Å². The van der Waals surface area contributed by atoms with Gasteiger partial charge in [0.05, 0.1) is 0 Å². The highest BCUT2D eigenvalue weighted by atomic mass is 15.4. The first kappa shape index (κ1) is 13.4. The molecule has 0 unspecified atom stereocenters. The van der Waals surface area contributed by atoms with Crippen LogP contribution in [-0.4, -0.2) is 47.1 Å². The molecule has 2 heteroatoms. The van der Waals surface area contributed by atoms with Crippen molar-refractivity contribution in [1.29, 1.82) is 0 Å². The van der Waals surface area contributed by atoms with Crippen molar-refractivity contribution in [2.75, 3.05) is 26.2 Å². The van der Waals surface area contributed by atoms with Crippen LogP contribution in [0.25, 0.3) is 0 Å². The molecule has 2 nitrogen and oxygen atoms in total. The third-order valence-corrected chi connectivity index (χ3v) is 4.52. The van der Waals surface area contributed by atoms with Gasteiger partial charge in [0.15, 0.2) is 0 Å². The van der Waals surface area contributed by atoms with Crippen LogP contribution < -0.4 is 0 Å². The minimum atomic E-state index is 0.353. The SMILES string of the molecule is CCCCCN1CC2(CCCN2C(C)(C)C)C1. The summed E-state index contributed by atoms with van der Waals surface area (Å²) < 4.78 is 0. The standard InChI is InChI=1S/C15H30N2/c1-5-6-7-10-16-12-15(13-16)9-8-11-17(15)14(2,3)4/h5-13H2,1-4H3. The first-order valence-corrected chi connectivity index (χ1v) is 7.48. The Labute approximate surface area is 107 Å². The van der Waals surface area contributed by atoms with Crippen molar-refractivity contribution in [1.82, 2.24) is 9.80 Å². The Morgan fingerprint density at radius 2 is 1.82 bits per heavy atom. The smallest absolute Gasteiger partial charge is 0.0468 e. The van der Waals surface area contributed by atoms with E-state index in [1.807, 2.05) is 0 Å². The quantitative estimate of drug-likeness (QED) is 0.694. The van der Waals surface area contributed by atoms with E-state index in [1.165, 1.54) is 58.3 Å². The van der Waals surface area contributed by atoms with Crippen molar-refractivity contribution in [3.8, 4) is 0 Å². The molecule has 100 valence electrons. The molecule has 2 fully saturated rings. The van der Waals surface area contributed by atoms with Gasteiger partial charge in [-0.1, -0.05) is 19.8 Å². The average molecular weight is 238 g/mol. The molecule has 1 spiro atoms.